The minimum absolute atomic E-state index is 0.0552. The first-order valence-corrected chi connectivity index (χ1v) is 8.04. The third-order valence-corrected chi connectivity index (χ3v) is 3.87. The lowest BCUT2D eigenvalue weighted by atomic mass is 10.5. The Balaban J connectivity index is 2.68. The number of likely N-dealkylation sites (N-methyl/N-ethyl adjacent to an activating group) is 1. The zero-order chi connectivity index (χ0) is 13.6. The van der Waals surface area contributed by atoms with Crippen LogP contribution in [0, 0.1) is 0 Å². The van der Waals surface area contributed by atoms with Crippen LogP contribution in [0.15, 0.2) is 23.2 Å². The van der Waals surface area contributed by atoms with Crippen LogP contribution < -0.4 is 4.74 Å². The summed E-state index contributed by atoms with van der Waals surface area (Å²) in [5, 5.41) is 0. The van der Waals surface area contributed by atoms with Crippen LogP contribution in [-0.2, 0) is 9.05 Å². The predicted molar refractivity (Wildman–Crippen MR) is 70.6 cm³/mol. The molecule has 1 heterocycles. The molecular formula is C11H17ClN2O3S. The van der Waals surface area contributed by atoms with E-state index in [9.17, 15) is 8.42 Å². The normalized spacial score (nSPS) is 11.8. The molecule has 0 atom stereocenters. The molecule has 1 rings (SSSR count). The molecule has 1 aromatic rings. The molecule has 7 heteroatoms. The van der Waals surface area contributed by atoms with Gasteiger partial charge in [-0.15, -0.1) is 0 Å². The molecule has 18 heavy (non-hydrogen) atoms. The Morgan fingerprint density at radius 1 is 1.39 bits per heavy atom. The van der Waals surface area contributed by atoms with E-state index in [2.05, 4.69) is 23.7 Å². The van der Waals surface area contributed by atoms with Crippen molar-refractivity contribution >= 4 is 19.7 Å². The van der Waals surface area contributed by atoms with Crippen LogP contribution in [0.1, 0.15) is 13.8 Å². The van der Waals surface area contributed by atoms with Gasteiger partial charge in [0.05, 0.1) is 0 Å². The van der Waals surface area contributed by atoms with Crippen LogP contribution in [-0.4, -0.2) is 44.5 Å². The maximum Gasteiger partial charge on any atom is 0.266 e. The molecule has 0 N–H and O–H groups in total. The standard InChI is InChI=1S/C11H17ClN2O3S/c1-3-14(4-2)8-9-17-11-10(18(12,15)16)6-5-7-13-11/h5-7H,3-4,8-9H2,1-2H3. The van der Waals surface area contributed by atoms with Gasteiger partial charge in [-0.1, -0.05) is 13.8 Å². The summed E-state index contributed by atoms with van der Waals surface area (Å²) in [6, 6.07) is 2.88. The summed E-state index contributed by atoms with van der Waals surface area (Å²) >= 11 is 0. The topological polar surface area (TPSA) is 59.5 Å². The van der Waals surface area contributed by atoms with E-state index in [1.54, 1.807) is 0 Å². The lowest BCUT2D eigenvalue weighted by Gasteiger charge is -2.18. The monoisotopic (exact) mass is 292 g/mol. The van der Waals surface area contributed by atoms with Crippen LogP contribution in [0.25, 0.3) is 0 Å². The number of ether oxygens (including phenoxy) is 1. The van der Waals surface area contributed by atoms with Gasteiger partial charge in [0.1, 0.15) is 11.5 Å². The van der Waals surface area contributed by atoms with Crippen molar-refractivity contribution in [1.29, 1.82) is 0 Å². The molecule has 0 aromatic carbocycles. The number of rotatable bonds is 7. The summed E-state index contributed by atoms with van der Waals surface area (Å²) in [5.41, 5.74) is 0. The van der Waals surface area contributed by atoms with Crippen LogP contribution in [0.4, 0.5) is 0 Å². The highest BCUT2D eigenvalue weighted by molar-refractivity contribution is 8.13. The Labute approximate surface area is 112 Å². The molecule has 0 amide bonds. The molecule has 0 saturated heterocycles. The zero-order valence-corrected chi connectivity index (χ0v) is 12.0. The fraction of sp³-hybridized carbons (Fsp3) is 0.545. The van der Waals surface area contributed by atoms with Crippen LogP contribution in [0.3, 0.4) is 0 Å². The molecule has 102 valence electrons. The smallest absolute Gasteiger partial charge is 0.266 e. The highest BCUT2D eigenvalue weighted by Gasteiger charge is 2.17. The van der Waals surface area contributed by atoms with Crippen LogP contribution in [0.5, 0.6) is 5.88 Å². The summed E-state index contributed by atoms with van der Waals surface area (Å²) in [6.07, 6.45) is 1.47. The number of hydrogen-bond acceptors (Lipinski definition) is 5. The van der Waals surface area contributed by atoms with Gasteiger partial charge in [0.15, 0.2) is 0 Å². The quantitative estimate of drug-likeness (QED) is 0.716. The molecule has 0 aliphatic carbocycles. The van der Waals surface area contributed by atoms with E-state index >= 15 is 0 Å². The third-order valence-electron chi connectivity index (χ3n) is 2.54. The summed E-state index contributed by atoms with van der Waals surface area (Å²) in [6.45, 7) is 7.03. The van der Waals surface area contributed by atoms with E-state index in [0.29, 0.717) is 13.2 Å². The maximum atomic E-state index is 11.3. The predicted octanol–water partition coefficient (Wildman–Crippen LogP) is 1.73. The van der Waals surface area contributed by atoms with Gasteiger partial charge in [-0.3, -0.25) is 0 Å². The lowest BCUT2D eigenvalue weighted by Crippen LogP contribution is -2.28. The molecule has 0 unspecified atom stereocenters. The third kappa shape index (κ3) is 4.44. The van der Waals surface area contributed by atoms with E-state index in [1.807, 2.05) is 0 Å². The molecule has 0 aliphatic heterocycles. The second-order valence-corrected chi connectivity index (χ2v) is 6.15. The lowest BCUT2D eigenvalue weighted by molar-refractivity contribution is 0.214. The van der Waals surface area contributed by atoms with Gasteiger partial charge in [-0.25, -0.2) is 13.4 Å². The van der Waals surface area contributed by atoms with Crippen LogP contribution in [0.2, 0.25) is 0 Å². The van der Waals surface area contributed by atoms with Gasteiger partial charge in [-0.2, -0.15) is 0 Å². The van der Waals surface area contributed by atoms with Gasteiger partial charge in [0.2, 0.25) is 5.88 Å². The van der Waals surface area contributed by atoms with Crippen molar-refractivity contribution in [2.45, 2.75) is 18.7 Å². The van der Waals surface area contributed by atoms with Gasteiger partial charge in [-0.05, 0) is 25.2 Å². The Bertz CT molecular complexity index is 475. The van der Waals surface area contributed by atoms with Crippen molar-refractivity contribution in [3.63, 3.8) is 0 Å². The highest BCUT2D eigenvalue weighted by Crippen LogP contribution is 2.23. The first-order chi connectivity index (χ1) is 8.49. The molecule has 0 saturated carbocycles. The number of hydrogen-bond donors (Lipinski definition) is 0. The van der Waals surface area contributed by atoms with Crippen molar-refractivity contribution in [2.24, 2.45) is 0 Å². The van der Waals surface area contributed by atoms with Gasteiger partial charge in [0, 0.05) is 23.4 Å². The molecule has 5 nitrogen and oxygen atoms in total. The Hall–Kier alpha value is -0.850. The highest BCUT2D eigenvalue weighted by atomic mass is 35.7. The molecule has 0 fully saturated rings. The number of nitrogens with zero attached hydrogens (tertiary/aromatic N) is 2. The Kier molecular flexibility index (Phi) is 5.84. The first-order valence-electron chi connectivity index (χ1n) is 5.73. The second kappa shape index (κ2) is 6.92. The van der Waals surface area contributed by atoms with Crippen molar-refractivity contribution in [3.8, 4) is 5.88 Å². The SMILES string of the molecule is CCN(CC)CCOc1ncccc1S(=O)(=O)Cl. The first kappa shape index (κ1) is 15.2. The largest absolute Gasteiger partial charge is 0.475 e. The minimum Gasteiger partial charge on any atom is -0.475 e. The molecule has 1 aromatic heterocycles. The van der Waals surface area contributed by atoms with Crippen molar-refractivity contribution in [3.05, 3.63) is 18.3 Å². The van der Waals surface area contributed by atoms with Gasteiger partial charge < -0.3 is 9.64 Å². The zero-order valence-electron chi connectivity index (χ0n) is 10.5. The molecule has 0 bridgehead atoms. The maximum absolute atomic E-state index is 11.3. The van der Waals surface area contributed by atoms with Crippen molar-refractivity contribution in [2.75, 3.05) is 26.2 Å². The van der Waals surface area contributed by atoms with Gasteiger partial charge in [0.25, 0.3) is 9.05 Å². The number of halogens is 1. The van der Waals surface area contributed by atoms with Crippen molar-refractivity contribution < 1.29 is 13.2 Å². The molecule has 0 spiro atoms. The second-order valence-electron chi connectivity index (χ2n) is 3.62. The molecule has 0 aliphatic rings. The van der Waals surface area contributed by atoms with E-state index in [-0.39, 0.29) is 10.8 Å². The fourth-order valence-corrected chi connectivity index (χ4v) is 2.39. The Morgan fingerprint density at radius 2 is 2.06 bits per heavy atom. The summed E-state index contributed by atoms with van der Waals surface area (Å²) < 4.78 is 28.0. The van der Waals surface area contributed by atoms with E-state index < -0.39 is 9.05 Å². The summed E-state index contributed by atoms with van der Waals surface area (Å²) in [5.74, 6) is 0.0552. The molecular weight excluding hydrogens is 276 g/mol. The van der Waals surface area contributed by atoms with Crippen LogP contribution >= 0.6 is 10.7 Å². The average Bonchev–Trinajstić information content (AvgIpc) is 2.34. The number of pyridine rings is 1. The van der Waals surface area contributed by atoms with E-state index in [1.165, 1.54) is 18.3 Å². The van der Waals surface area contributed by atoms with E-state index in [0.717, 1.165) is 13.1 Å². The fourth-order valence-electron chi connectivity index (χ4n) is 1.48. The van der Waals surface area contributed by atoms with E-state index in [4.69, 9.17) is 15.4 Å². The number of aromatic nitrogens is 1. The average molecular weight is 293 g/mol. The Morgan fingerprint density at radius 3 is 2.61 bits per heavy atom. The summed E-state index contributed by atoms with van der Waals surface area (Å²) in [7, 11) is 1.48. The minimum atomic E-state index is -3.82. The molecule has 0 radical (unpaired) electrons. The summed E-state index contributed by atoms with van der Waals surface area (Å²) in [4.78, 5) is 5.96. The van der Waals surface area contributed by atoms with Gasteiger partial charge >= 0.3 is 0 Å². The van der Waals surface area contributed by atoms with Crippen molar-refractivity contribution in [1.82, 2.24) is 9.88 Å².